The van der Waals surface area contributed by atoms with Gasteiger partial charge in [-0.2, -0.15) is 0 Å². The summed E-state index contributed by atoms with van der Waals surface area (Å²) < 4.78 is 10.8. The van der Waals surface area contributed by atoms with Gasteiger partial charge in [0.25, 0.3) is 0 Å². The molecule has 0 fully saturated rings. The zero-order chi connectivity index (χ0) is 17.6. The Kier molecular flexibility index (Phi) is 5.75. The summed E-state index contributed by atoms with van der Waals surface area (Å²) in [6, 6.07) is 6.04. The Morgan fingerprint density at radius 1 is 1.32 bits per heavy atom. The highest BCUT2D eigenvalue weighted by Gasteiger charge is 2.14. The maximum absolute atomic E-state index is 5.45. The van der Waals surface area contributed by atoms with Gasteiger partial charge in [-0.3, -0.25) is 0 Å². The van der Waals surface area contributed by atoms with E-state index in [2.05, 4.69) is 35.1 Å². The van der Waals surface area contributed by atoms with Crippen molar-refractivity contribution in [2.45, 2.75) is 33.4 Å². The molecular formula is C18H24N4O2S. The lowest BCUT2D eigenvalue weighted by atomic mass is 10.2. The van der Waals surface area contributed by atoms with Crippen LogP contribution >= 0.6 is 11.3 Å². The number of aromatic nitrogens is 1. The number of aryl methyl sites for hydroxylation is 1. The van der Waals surface area contributed by atoms with E-state index in [0.717, 1.165) is 47.5 Å². The van der Waals surface area contributed by atoms with E-state index >= 15 is 0 Å². The normalized spacial score (nSPS) is 13.2. The summed E-state index contributed by atoms with van der Waals surface area (Å²) in [6.45, 7) is 6.67. The van der Waals surface area contributed by atoms with Crippen LogP contribution in [-0.4, -0.2) is 36.2 Å². The molecule has 0 aliphatic carbocycles. The van der Waals surface area contributed by atoms with Gasteiger partial charge >= 0.3 is 0 Å². The standard InChI is InChI=1S/C18H24N4O2S/c1-4-14-9-20-17(25-14)10-21-18(19-5-2)22(3)11-13-6-7-15-16(8-13)24-12-23-15/h6-9H,4-5,10-12H2,1-3H3,(H,19,21). The van der Waals surface area contributed by atoms with Crippen LogP contribution in [0.25, 0.3) is 0 Å². The number of hydrogen-bond acceptors (Lipinski definition) is 5. The van der Waals surface area contributed by atoms with Gasteiger partial charge in [-0.05, 0) is 31.0 Å². The van der Waals surface area contributed by atoms with Crippen molar-refractivity contribution in [3.05, 3.63) is 39.8 Å². The zero-order valence-electron chi connectivity index (χ0n) is 14.9. The minimum atomic E-state index is 0.298. The summed E-state index contributed by atoms with van der Waals surface area (Å²) in [5.41, 5.74) is 1.15. The van der Waals surface area contributed by atoms with Crippen LogP contribution in [0.4, 0.5) is 0 Å². The lowest BCUT2D eigenvalue weighted by molar-refractivity contribution is 0.174. The summed E-state index contributed by atoms with van der Waals surface area (Å²) in [5.74, 6) is 2.48. The van der Waals surface area contributed by atoms with Crippen molar-refractivity contribution in [3.8, 4) is 11.5 Å². The third kappa shape index (κ3) is 4.42. The number of guanidine groups is 1. The fourth-order valence-corrected chi connectivity index (χ4v) is 3.37. The van der Waals surface area contributed by atoms with E-state index in [1.165, 1.54) is 4.88 Å². The number of fused-ring (bicyclic) bond motifs is 1. The third-order valence-corrected chi connectivity index (χ3v) is 4.99. The van der Waals surface area contributed by atoms with Gasteiger partial charge in [0.05, 0.1) is 6.54 Å². The Labute approximate surface area is 152 Å². The van der Waals surface area contributed by atoms with Gasteiger partial charge in [0.1, 0.15) is 5.01 Å². The third-order valence-electron chi connectivity index (χ3n) is 3.87. The summed E-state index contributed by atoms with van der Waals surface area (Å²) in [5, 5.41) is 4.39. The van der Waals surface area contributed by atoms with Crippen molar-refractivity contribution in [1.82, 2.24) is 15.2 Å². The van der Waals surface area contributed by atoms with E-state index in [4.69, 9.17) is 14.5 Å². The summed E-state index contributed by atoms with van der Waals surface area (Å²) in [6.07, 6.45) is 2.96. The van der Waals surface area contributed by atoms with Gasteiger partial charge < -0.3 is 19.7 Å². The molecule has 2 aromatic rings. The second-order valence-corrected chi connectivity index (χ2v) is 6.99. The van der Waals surface area contributed by atoms with Gasteiger partial charge in [-0.1, -0.05) is 13.0 Å². The molecule has 0 saturated carbocycles. The predicted molar refractivity (Wildman–Crippen MR) is 100 cm³/mol. The number of hydrogen-bond donors (Lipinski definition) is 1. The van der Waals surface area contributed by atoms with Crippen molar-refractivity contribution >= 4 is 17.3 Å². The van der Waals surface area contributed by atoms with Crippen LogP contribution in [0.15, 0.2) is 29.4 Å². The minimum Gasteiger partial charge on any atom is -0.454 e. The molecular weight excluding hydrogens is 336 g/mol. The number of nitrogens with zero attached hydrogens (tertiary/aromatic N) is 3. The molecule has 1 aromatic heterocycles. The Bertz CT molecular complexity index is 744. The first-order valence-electron chi connectivity index (χ1n) is 8.51. The topological polar surface area (TPSA) is 59.0 Å². The Morgan fingerprint density at radius 3 is 2.92 bits per heavy atom. The number of aliphatic imine (C=N–C) groups is 1. The lowest BCUT2D eigenvalue weighted by Crippen LogP contribution is -2.38. The molecule has 134 valence electrons. The summed E-state index contributed by atoms with van der Waals surface area (Å²) >= 11 is 1.73. The van der Waals surface area contributed by atoms with Crippen molar-refractivity contribution in [2.75, 3.05) is 20.4 Å². The van der Waals surface area contributed by atoms with Crippen LogP contribution in [0.1, 0.15) is 29.3 Å². The van der Waals surface area contributed by atoms with Crippen LogP contribution < -0.4 is 14.8 Å². The Balaban J connectivity index is 1.67. The second kappa shape index (κ2) is 8.20. The number of thiazole rings is 1. The zero-order valence-corrected chi connectivity index (χ0v) is 15.7. The highest BCUT2D eigenvalue weighted by atomic mass is 32.1. The molecule has 6 nitrogen and oxygen atoms in total. The molecule has 0 saturated heterocycles. The first-order valence-corrected chi connectivity index (χ1v) is 9.32. The van der Waals surface area contributed by atoms with Crippen LogP contribution in [0, 0.1) is 0 Å². The van der Waals surface area contributed by atoms with Crippen molar-refractivity contribution in [2.24, 2.45) is 4.99 Å². The molecule has 1 N–H and O–H groups in total. The molecule has 1 aliphatic heterocycles. The van der Waals surface area contributed by atoms with Gasteiger partial charge in [-0.25, -0.2) is 9.98 Å². The molecule has 0 amide bonds. The van der Waals surface area contributed by atoms with Gasteiger partial charge in [0, 0.05) is 31.2 Å². The van der Waals surface area contributed by atoms with Crippen molar-refractivity contribution in [1.29, 1.82) is 0 Å². The fraction of sp³-hybridized carbons (Fsp3) is 0.444. The van der Waals surface area contributed by atoms with E-state index in [0.29, 0.717) is 13.3 Å². The largest absolute Gasteiger partial charge is 0.454 e. The average molecular weight is 360 g/mol. The first-order chi connectivity index (χ1) is 12.2. The van der Waals surface area contributed by atoms with E-state index in [1.807, 2.05) is 25.4 Å². The fourth-order valence-electron chi connectivity index (χ4n) is 2.58. The average Bonchev–Trinajstić information content (AvgIpc) is 3.26. The number of benzene rings is 1. The number of rotatable bonds is 6. The molecule has 7 heteroatoms. The molecule has 1 aromatic carbocycles. The van der Waals surface area contributed by atoms with E-state index in [1.54, 1.807) is 11.3 Å². The minimum absolute atomic E-state index is 0.298. The second-order valence-electron chi connectivity index (χ2n) is 5.79. The lowest BCUT2D eigenvalue weighted by Gasteiger charge is -2.22. The summed E-state index contributed by atoms with van der Waals surface area (Å²) in [7, 11) is 2.03. The smallest absolute Gasteiger partial charge is 0.231 e. The Morgan fingerprint density at radius 2 is 2.16 bits per heavy atom. The monoisotopic (exact) mass is 360 g/mol. The highest BCUT2D eigenvalue weighted by Crippen LogP contribution is 2.32. The van der Waals surface area contributed by atoms with E-state index < -0.39 is 0 Å². The molecule has 1 aliphatic rings. The van der Waals surface area contributed by atoms with Crippen molar-refractivity contribution < 1.29 is 9.47 Å². The van der Waals surface area contributed by atoms with Gasteiger partial charge in [-0.15, -0.1) is 11.3 Å². The van der Waals surface area contributed by atoms with Crippen LogP contribution in [0.5, 0.6) is 11.5 Å². The number of nitrogens with one attached hydrogen (secondary N) is 1. The molecule has 0 radical (unpaired) electrons. The SMILES string of the molecule is CCNC(=NCc1ncc(CC)s1)N(C)Cc1ccc2c(c1)OCO2. The molecule has 0 bridgehead atoms. The Hall–Kier alpha value is -2.28. The quantitative estimate of drug-likeness (QED) is 0.634. The molecule has 0 atom stereocenters. The first kappa shape index (κ1) is 17.5. The van der Waals surface area contributed by atoms with Crippen LogP contribution in [-0.2, 0) is 19.5 Å². The predicted octanol–water partition coefficient (Wildman–Crippen LogP) is 3.03. The highest BCUT2D eigenvalue weighted by molar-refractivity contribution is 7.11. The molecule has 25 heavy (non-hydrogen) atoms. The van der Waals surface area contributed by atoms with Crippen LogP contribution in [0.2, 0.25) is 0 Å². The molecule has 3 rings (SSSR count). The molecule has 2 heterocycles. The number of ether oxygens (including phenoxy) is 2. The summed E-state index contributed by atoms with van der Waals surface area (Å²) in [4.78, 5) is 12.6. The maximum atomic E-state index is 5.45. The van der Waals surface area contributed by atoms with Crippen molar-refractivity contribution in [3.63, 3.8) is 0 Å². The van der Waals surface area contributed by atoms with Gasteiger partial charge in [0.15, 0.2) is 17.5 Å². The molecule has 0 unspecified atom stereocenters. The van der Waals surface area contributed by atoms with Crippen LogP contribution in [0.3, 0.4) is 0 Å². The van der Waals surface area contributed by atoms with E-state index in [-0.39, 0.29) is 0 Å². The maximum Gasteiger partial charge on any atom is 0.231 e. The molecule has 0 spiro atoms. The van der Waals surface area contributed by atoms with E-state index in [9.17, 15) is 0 Å². The van der Waals surface area contributed by atoms with Gasteiger partial charge in [0.2, 0.25) is 6.79 Å².